The van der Waals surface area contributed by atoms with Crippen LogP contribution in [0.2, 0.25) is 5.02 Å². The number of aryl methyl sites for hydroxylation is 1. The maximum absolute atomic E-state index is 12.2. The molecule has 0 bridgehead atoms. The second-order valence-corrected chi connectivity index (χ2v) is 6.04. The lowest BCUT2D eigenvalue weighted by Crippen LogP contribution is -2.01. The van der Waals surface area contributed by atoms with Crippen LogP contribution in [0.25, 0.3) is 0 Å². The van der Waals surface area contributed by atoms with E-state index >= 15 is 0 Å². The first kappa shape index (κ1) is 12.1. The minimum Gasteiger partial charge on any atom is -0.218 e. The molecular weight excluding hydrogens is 256 g/mol. The van der Waals surface area contributed by atoms with E-state index in [0.717, 1.165) is 5.56 Å². The molecule has 1 radical (unpaired) electrons. The second-order valence-electron chi connectivity index (χ2n) is 3.69. The van der Waals surface area contributed by atoms with Crippen molar-refractivity contribution in [2.24, 2.45) is 0 Å². The molecule has 2 rings (SSSR count). The summed E-state index contributed by atoms with van der Waals surface area (Å²) < 4.78 is 24.4. The molecule has 0 fully saturated rings. The molecule has 4 heteroatoms. The largest absolute Gasteiger partial charge is 0.218 e. The van der Waals surface area contributed by atoms with Crippen molar-refractivity contribution >= 4 is 21.4 Å². The zero-order valence-electron chi connectivity index (χ0n) is 9.14. The maximum atomic E-state index is 12.2. The van der Waals surface area contributed by atoms with Crippen LogP contribution < -0.4 is 0 Å². The first-order valence-corrected chi connectivity index (χ1v) is 6.85. The summed E-state index contributed by atoms with van der Waals surface area (Å²) in [6.45, 7) is 1.91. The molecule has 0 saturated heterocycles. The molecule has 2 aromatic rings. The highest BCUT2D eigenvalue weighted by Crippen LogP contribution is 2.22. The van der Waals surface area contributed by atoms with Crippen molar-refractivity contribution in [2.75, 3.05) is 0 Å². The fourth-order valence-electron chi connectivity index (χ4n) is 1.40. The molecule has 0 aromatic heterocycles. The normalized spacial score (nSPS) is 11.4. The van der Waals surface area contributed by atoms with Crippen LogP contribution in [0.4, 0.5) is 0 Å². The summed E-state index contributed by atoms with van der Waals surface area (Å²) in [7, 11) is -3.49. The van der Waals surface area contributed by atoms with Crippen LogP contribution in [-0.4, -0.2) is 8.42 Å². The van der Waals surface area contributed by atoms with Gasteiger partial charge in [-0.2, -0.15) is 0 Å². The van der Waals surface area contributed by atoms with Crippen LogP contribution in [-0.2, 0) is 9.84 Å². The van der Waals surface area contributed by atoms with Gasteiger partial charge in [0.05, 0.1) is 9.79 Å². The minimum atomic E-state index is -3.49. The number of rotatable bonds is 2. The molecule has 0 aliphatic carbocycles. The second kappa shape index (κ2) is 4.51. The zero-order valence-corrected chi connectivity index (χ0v) is 10.7. The van der Waals surface area contributed by atoms with Gasteiger partial charge in [-0.1, -0.05) is 29.3 Å². The van der Waals surface area contributed by atoms with E-state index in [0.29, 0.717) is 5.02 Å². The van der Waals surface area contributed by atoms with Crippen molar-refractivity contribution in [3.8, 4) is 0 Å². The van der Waals surface area contributed by atoms with Crippen molar-refractivity contribution in [2.45, 2.75) is 16.7 Å². The monoisotopic (exact) mass is 265 g/mol. The van der Waals surface area contributed by atoms with E-state index in [4.69, 9.17) is 11.6 Å². The molecule has 17 heavy (non-hydrogen) atoms. The van der Waals surface area contributed by atoms with Gasteiger partial charge in [-0.25, -0.2) is 8.42 Å². The smallest absolute Gasteiger partial charge is 0.207 e. The molecular formula is C13H10ClO2S. The number of hydrogen-bond acceptors (Lipinski definition) is 2. The maximum Gasteiger partial charge on any atom is 0.207 e. The third-order valence-electron chi connectivity index (χ3n) is 2.37. The van der Waals surface area contributed by atoms with Crippen molar-refractivity contribution in [1.29, 1.82) is 0 Å². The fourth-order valence-corrected chi connectivity index (χ4v) is 2.73. The predicted octanol–water partition coefficient (Wildman–Crippen LogP) is 3.28. The van der Waals surface area contributed by atoms with E-state index in [1.54, 1.807) is 30.3 Å². The van der Waals surface area contributed by atoms with Crippen LogP contribution in [0, 0.1) is 13.0 Å². The molecule has 0 amide bonds. The molecule has 0 aliphatic heterocycles. The van der Waals surface area contributed by atoms with Gasteiger partial charge in [-0.3, -0.25) is 0 Å². The summed E-state index contributed by atoms with van der Waals surface area (Å²) in [6, 6.07) is 13.8. The van der Waals surface area contributed by atoms with Gasteiger partial charge in [0.2, 0.25) is 9.84 Å². The average Bonchev–Trinajstić information content (AvgIpc) is 2.30. The molecule has 2 aromatic carbocycles. The van der Waals surface area contributed by atoms with Gasteiger partial charge in [0.1, 0.15) is 0 Å². The Kier molecular flexibility index (Phi) is 3.22. The summed E-state index contributed by atoms with van der Waals surface area (Å²) in [4.78, 5) is 0.396. The highest BCUT2D eigenvalue weighted by molar-refractivity contribution is 7.91. The van der Waals surface area contributed by atoms with Crippen LogP contribution >= 0.6 is 11.6 Å². The SMILES string of the molecule is Cc1ccc(S(=O)(=O)c2[c]cc(Cl)cc2)cc1. The van der Waals surface area contributed by atoms with Crippen molar-refractivity contribution in [3.05, 3.63) is 59.1 Å². The first-order chi connectivity index (χ1) is 8.00. The highest BCUT2D eigenvalue weighted by Gasteiger charge is 2.17. The lowest BCUT2D eigenvalue weighted by Gasteiger charge is -2.04. The fraction of sp³-hybridized carbons (Fsp3) is 0.0769. The molecule has 0 atom stereocenters. The molecule has 2 nitrogen and oxygen atoms in total. The van der Waals surface area contributed by atoms with Gasteiger partial charge in [-0.15, -0.1) is 0 Å². The standard InChI is InChI=1S/C13H10ClO2S/c1-10-2-6-12(7-3-10)17(15,16)13-8-4-11(14)5-9-13/h2-8H,1H3. The topological polar surface area (TPSA) is 34.1 Å². The van der Waals surface area contributed by atoms with Gasteiger partial charge in [0.15, 0.2) is 0 Å². The lowest BCUT2D eigenvalue weighted by atomic mass is 10.2. The molecule has 87 valence electrons. The van der Waals surface area contributed by atoms with E-state index in [9.17, 15) is 8.42 Å². The summed E-state index contributed by atoms with van der Waals surface area (Å²) in [5.74, 6) is 0. The highest BCUT2D eigenvalue weighted by atomic mass is 35.5. The molecule has 0 aliphatic rings. The van der Waals surface area contributed by atoms with Crippen LogP contribution in [0.15, 0.2) is 52.3 Å². The van der Waals surface area contributed by atoms with Crippen molar-refractivity contribution in [3.63, 3.8) is 0 Å². The van der Waals surface area contributed by atoms with Gasteiger partial charge >= 0.3 is 0 Å². The summed E-state index contributed by atoms with van der Waals surface area (Å²) in [6.07, 6.45) is 0. The molecule has 0 spiro atoms. The minimum absolute atomic E-state index is 0.130. The molecule has 0 N–H and O–H groups in total. The first-order valence-electron chi connectivity index (χ1n) is 4.99. The zero-order chi connectivity index (χ0) is 12.5. The number of halogens is 1. The molecule has 0 saturated carbocycles. The average molecular weight is 266 g/mol. The summed E-state index contributed by atoms with van der Waals surface area (Å²) >= 11 is 5.70. The van der Waals surface area contributed by atoms with E-state index in [1.807, 2.05) is 6.92 Å². The third kappa shape index (κ3) is 2.51. The Balaban J connectivity index is 2.50. The Morgan fingerprint density at radius 2 is 1.71 bits per heavy atom. The Labute approximate surface area is 106 Å². The Hall–Kier alpha value is -1.32. The summed E-state index contributed by atoms with van der Waals surface area (Å²) in [5.41, 5.74) is 1.02. The van der Waals surface area contributed by atoms with Crippen molar-refractivity contribution in [1.82, 2.24) is 0 Å². The van der Waals surface area contributed by atoms with Gasteiger partial charge in [0.25, 0.3) is 0 Å². The predicted molar refractivity (Wildman–Crippen MR) is 66.9 cm³/mol. The number of hydrogen-bond donors (Lipinski definition) is 0. The lowest BCUT2D eigenvalue weighted by molar-refractivity contribution is 0.596. The van der Waals surface area contributed by atoms with E-state index in [2.05, 4.69) is 6.07 Å². The van der Waals surface area contributed by atoms with E-state index < -0.39 is 9.84 Å². The van der Waals surface area contributed by atoms with Crippen molar-refractivity contribution < 1.29 is 8.42 Å². The number of sulfone groups is 1. The quantitative estimate of drug-likeness (QED) is 0.835. The van der Waals surface area contributed by atoms with Crippen LogP contribution in [0.1, 0.15) is 5.56 Å². The van der Waals surface area contributed by atoms with Gasteiger partial charge in [-0.05, 0) is 37.3 Å². The van der Waals surface area contributed by atoms with E-state index in [-0.39, 0.29) is 9.79 Å². The Morgan fingerprint density at radius 1 is 1.06 bits per heavy atom. The van der Waals surface area contributed by atoms with Crippen LogP contribution in [0.5, 0.6) is 0 Å². The Morgan fingerprint density at radius 3 is 2.24 bits per heavy atom. The Bertz CT molecular complexity index is 562. The van der Waals surface area contributed by atoms with Gasteiger partial charge in [0, 0.05) is 11.1 Å². The number of benzene rings is 2. The summed E-state index contributed by atoms with van der Waals surface area (Å²) in [5, 5.41) is 0.466. The third-order valence-corrected chi connectivity index (χ3v) is 4.33. The van der Waals surface area contributed by atoms with Gasteiger partial charge < -0.3 is 0 Å². The molecule has 0 unspecified atom stereocenters. The van der Waals surface area contributed by atoms with Crippen LogP contribution in [0.3, 0.4) is 0 Å². The van der Waals surface area contributed by atoms with E-state index in [1.165, 1.54) is 12.1 Å². The molecule has 0 heterocycles.